The summed E-state index contributed by atoms with van der Waals surface area (Å²) in [7, 11) is 3.29. The van der Waals surface area contributed by atoms with Crippen LogP contribution in [0.5, 0.6) is 5.75 Å². The van der Waals surface area contributed by atoms with E-state index in [0.29, 0.717) is 11.7 Å². The minimum Gasteiger partial charge on any atom is -0.495 e. The van der Waals surface area contributed by atoms with E-state index in [1.807, 2.05) is 24.3 Å². The summed E-state index contributed by atoms with van der Waals surface area (Å²) in [6, 6.07) is 7.82. The second-order valence-corrected chi connectivity index (χ2v) is 4.70. The zero-order valence-corrected chi connectivity index (χ0v) is 11.9. The van der Waals surface area contributed by atoms with E-state index in [-0.39, 0.29) is 18.7 Å². The molecule has 0 atom stereocenters. The number of nitrogens with zero attached hydrogens (tertiary/aromatic N) is 2. The molecule has 1 aromatic carbocycles. The first-order valence-corrected chi connectivity index (χ1v) is 6.32. The summed E-state index contributed by atoms with van der Waals surface area (Å²) in [5, 5.41) is 8.52. The monoisotopic (exact) mass is 260 g/mol. The van der Waals surface area contributed by atoms with E-state index in [2.05, 4.69) is 13.8 Å². The van der Waals surface area contributed by atoms with Crippen molar-refractivity contribution in [1.82, 2.24) is 0 Å². The van der Waals surface area contributed by atoms with Crippen LogP contribution in [0.3, 0.4) is 0 Å². The van der Waals surface area contributed by atoms with Crippen molar-refractivity contribution in [2.24, 2.45) is 0 Å². The molecule has 0 aromatic heterocycles. The maximum atomic E-state index is 11.9. The molecule has 0 bridgehead atoms. The summed E-state index contributed by atoms with van der Waals surface area (Å²) < 4.78 is 5.35. The lowest BCUT2D eigenvalue weighted by molar-refractivity contribution is -0.118. The van der Waals surface area contributed by atoms with E-state index >= 15 is 0 Å². The third-order valence-corrected chi connectivity index (χ3v) is 3.06. The first kappa shape index (κ1) is 15.0. The lowest BCUT2D eigenvalue weighted by Crippen LogP contribution is -2.26. The summed E-state index contributed by atoms with van der Waals surface area (Å²) in [6.45, 7) is 4.21. The molecule has 0 aliphatic rings. The van der Waals surface area contributed by atoms with E-state index in [1.165, 1.54) is 5.56 Å². The molecule has 0 aliphatic heterocycles. The Morgan fingerprint density at radius 3 is 2.68 bits per heavy atom. The molecule has 102 valence electrons. The fourth-order valence-electron chi connectivity index (χ4n) is 1.80. The summed E-state index contributed by atoms with van der Waals surface area (Å²) >= 11 is 0. The van der Waals surface area contributed by atoms with Gasteiger partial charge in [0.15, 0.2) is 0 Å². The molecule has 0 N–H and O–H groups in total. The van der Waals surface area contributed by atoms with Crippen LogP contribution in [0.4, 0.5) is 5.69 Å². The predicted molar refractivity (Wildman–Crippen MR) is 75.3 cm³/mol. The largest absolute Gasteiger partial charge is 0.495 e. The Balaban J connectivity index is 3.00. The van der Waals surface area contributed by atoms with Crippen LogP contribution in [-0.4, -0.2) is 20.1 Å². The van der Waals surface area contributed by atoms with E-state index in [4.69, 9.17) is 10.00 Å². The highest BCUT2D eigenvalue weighted by Crippen LogP contribution is 2.31. The zero-order chi connectivity index (χ0) is 14.4. The van der Waals surface area contributed by atoms with Gasteiger partial charge in [-0.05, 0) is 23.6 Å². The molecular weight excluding hydrogens is 240 g/mol. The number of amides is 1. The van der Waals surface area contributed by atoms with Crippen LogP contribution in [0.2, 0.25) is 0 Å². The molecule has 0 saturated carbocycles. The van der Waals surface area contributed by atoms with Crippen LogP contribution in [0, 0.1) is 11.3 Å². The van der Waals surface area contributed by atoms with E-state index in [0.717, 1.165) is 5.69 Å². The minimum atomic E-state index is -0.0860. The summed E-state index contributed by atoms with van der Waals surface area (Å²) in [6.07, 6.45) is 0.456. The molecule has 0 unspecified atom stereocenters. The standard InChI is InChI=1S/C15H20N2O2/c1-11(2)12-7-8-13(14(10-12)19-4)17(3)15(18)6-5-9-16/h7-8,10-11H,5-6H2,1-4H3. The van der Waals surface area contributed by atoms with Gasteiger partial charge in [0.05, 0.1) is 18.9 Å². The number of hydrogen-bond donors (Lipinski definition) is 0. The topological polar surface area (TPSA) is 53.3 Å². The number of rotatable bonds is 5. The molecule has 0 radical (unpaired) electrons. The molecule has 0 heterocycles. The SMILES string of the molecule is COc1cc(C(C)C)ccc1N(C)C(=O)CCC#N. The van der Waals surface area contributed by atoms with Crippen LogP contribution in [-0.2, 0) is 4.79 Å². The molecule has 1 amide bonds. The number of anilines is 1. The summed E-state index contributed by atoms with van der Waals surface area (Å²) in [5.74, 6) is 0.999. The van der Waals surface area contributed by atoms with Crippen LogP contribution in [0.1, 0.15) is 38.2 Å². The second kappa shape index (κ2) is 6.79. The minimum absolute atomic E-state index is 0.0860. The fourth-order valence-corrected chi connectivity index (χ4v) is 1.80. The summed E-state index contributed by atoms with van der Waals surface area (Å²) in [4.78, 5) is 13.5. The van der Waals surface area contributed by atoms with E-state index < -0.39 is 0 Å². The molecule has 0 saturated heterocycles. The van der Waals surface area contributed by atoms with Crippen LogP contribution in [0.15, 0.2) is 18.2 Å². The smallest absolute Gasteiger partial charge is 0.227 e. The van der Waals surface area contributed by atoms with Gasteiger partial charge < -0.3 is 9.64 Å². The maximum Gasteiger partial charge on any atom is 0.227 e. The zero-order valence-electron chi connectivity index (χ0n) is 11.9. The number of ether oxygens (including phenoxy) is 1. The van der Waals surface area contributed by atoms with Gasteiger partial charge in [-0.3, -0.25) is 4.79 Å². The molecule has 19 heavy (non-hydrogen) atoms. The number of carbonyl (C=O) groups excluding carboxylic acids is 1. The van der Waals surface area contributed by atoms with Gasteiger partial charge in [-0.2, -0.15) is 5.26 Å². The van der Waals surface area contributed by atoms with Gasteiger partial charge in [-0.25, -0.2) is 0 Å². The Kier molecular flexibility index (Phi) is 5.37. The first-order chi connectivity index (χ1) is 9.01. The van der Waals surface area contributed by atoms with Crippen molar-refractivity contribution in [2.75, 3.05) is 19.1 Å². The van der Waals surface area contributed by atoms with Gasteiger partial charge >= 0.3 is 0 Å². The molecule has 4 nitrogen and oxygen atoms in total. The van der Waals surface area contributed by atoms with E-state index in [1.54, 1.807) is 19.1 Å². The number of methoxy groups -OCH3 is 1. The molecule has 0 aliphatic carbocycles. The Labute approximate surface area is 114 Å². The van der Waals surface area contributed by atoms with Crippen molar-refractivity contribution in [3.05, 3.63) is 23.8 Å². The lowest BCUT2D eigenvalue weighted by Gasteiger charge is -2.21. The lowest BCUT2D eigenvalue weighted by atomic mass is 10.0. The van der Waals surface area contributed by atoms with Crippen LogP contribution < -0.4 is 9.64 Å². The molecule has 0 spiro atoms. The van der Waals surface area contributed by atoms with Crippen molar-refractivity contribution >= 4 is 11.6 Å². The van der Waals surface area contributed by atoms with Gasteiger partial charge in [0.2, 0.25) is 5.91 Å². The molecule has 1 rings (SSSR count). The highest BCUT2D eigenvalue weighted by Gasteiger charge is 2.15. The van der Waals surface area contributed by atoms with Crippen LogP contribution >= 0.6 is 0 Å². The molecule has 1 aromatic rings. The van der Waals surface area contributed by atoms with Gasteiger partial charge in [0.1, 0.15) is 5.75 Å². The van der Waals surface area contributed by atoms with Crippen molar-refractivity contribution in [3.8, 4) is 11.8 Å². The van der Waals surface area contributed by atoms with Gasteiger partial charge in [0, 0.05) is 19.9 Å². The Bertz CT molecular complexity index is 489. The average molecular weight is 260 g/mol. The Morgan fingerprint density at radius 1 is 1.47 bits per heavy atom. The van der Waals surface area contributed by atoms with Gasteiger partial charge in [-0.1, -0.05) is 19.9 Å². The van der Waals surface area contributed by atoms with Crippen molar-refractivity contribution in [3.63, 3.8) is 0 Å². The maximum absolute atomic E-state index is 11.9. The highest BCUT2D eigenvalue weighted by molar-refractivity contribution is 5.94. The highest BCUT2D eigenvalue weighted by atomic mass is 16.5. The molecular formula is C15H20N2O2. The average Bonchev–Trinajstić information content (AvgIpc) is 2.42. The predicted octanol–water partition coefficient (Wildman–Crippen LogP) is 3.09. The summed E-state index contributed by atoms with van der Waals surface area (Å²) in [5.41, 5.74) is 1.90. The Hall–Kier alpha value is -2.02. The first-order valence-electron chi connectivity index (χ1n) is 6.32. The van der Waals surface area contributed by atoms with Gasteiger partial charge in [-0.15, -0.1) is 0 Å². The quantitative estimate of drug-likeness (QED) is 0.817. The third kappa shape index (κ3) is 3.72. The van der Waals surface area contributed by atoms with Gasteiger partial charge in [0.25, 0.3) is 0 Å². The fraction of sp³-hybridized carbons (Fsp3) is 0.467. The number of hydrogen-bond acceptors (Lipinski definition) is 3. The number of nitriles is 1. The number of carbonyl (C=O) groups is 1. The van der Waals surface area contributed by atoms with E-state index in [9.17, 15) is 4.79 Å². The van der Waals surface area contributed by atoms with Crippen molar-refractivity contribution < 1.29 is 9.53 Å². The molecule has 4 heteroatoms. The second-order valence-electron chi connectivity index (χ2n) is 4.70. The number of benzene rings is 1. The molecule has 0 fully saturated rings. The third-order valence-electron chi connectivity index (χ3n) is 3.06. The Morgan fingerprint density at radius 2 is 2.16 bits per heavy atom. The van der Waals surface area contributed by atoms with Crippen molar-refractivity contribution in [2.45, 2.75) is 32.6 Å². The van der Waals surface area contributed by atoms with Crippen LogP contribution in [0.25, 0.3) is 0 Å². The normalized spacial score (nSPS) is 10.1. The van der Waals surface area contributed by atoms with Crippen molar-refractivity contribution in [1.29, 1.82) is 5.26 Å².